The van der Waals surface area contributed by atoms with E-state index >= 15 is 0 Å². The minimum atomic E-state index is -4.35. The third-order valence-corrected chi connectivity index (χ3v) is 5.53. The summed E-state index contributed by atoms with van der Waals surface area (Å²) in [4.78, 5) is 4.72. The molecule has 0 spiro atoms. The molecular formula is C26H20F3NO2. The molecule has 1 aliphatic heterocycles. The van der Waals surface area contributed by atoms with Gasteiger partial charge < -0.3 is 9.47 Å². The number of hydrogen-bond donors (Lipinski definition) is 0. The number of aromatic nitrogens is 1. The van der Waals surface area contributed by atoms with Gasteiger partial charge in [-0.25, -0.2) is 4.98 Å². The Morgan fingerprint density at radius 2 is 1.75 bits per heavy atom. The van der Waals surface area contributed by atoms with Crippen LogP contribution in [0.2, 0.25) is 0 Å². The lowest BCUT2D eigenvalue weighted by Gasteiger charge is -2.14. The van der Waals surface area contributed by atoms with E-state index in [1.807, 2.05) is 49.4 Å². The van der Waals surface area contributed by atoms with Gasteiger partial charge in [-0.15, -0.1) is 0 Å². The van der Waals surface area contributed by atoms with E-state index in [-0.39, 0.29) is 0 Å². The summed E-state index contributed by atoms with van der Waals surface area (Å²) < 4.78 is 50.4. The normalized spacial score (nSPS) is 15.8. The molecule has 5 rings (SSSR count). The fourth-order valence-electron chi connectivity index (χ4n) is 4.00. The van der Waals surface area contributed by atoms with E-state index in [9.17, 15) is 13.2 Å². The Morgan fingerprint density at radius 3 is 2.53 bits per heavy atom. The van der Waals surface area contributed by atoms with Crippen molar-refractivity contribution in [2.24, 2.45) is 0 Å². The number of rotatable bonds is 4. The molecule has 32 heavy (non-hydrogen) atoms. The summed E-state index contributed by atoms with van der Waals surface area (Å²) in [6, 6.07) is 21.1. The van der Waals surface area contributed by atoms with Crippen molar-refractivity contribution in [2.75, 3.05) is 0 Å². The topological polar surface area (TPSA) is 31.4 Å². The summed E-state index contributed by atoms with van der Waals surface area (Å²) in [5.74, 6) is 0. The van der Waals surface area contributed by atoms with E-state index in [4.69, 9.17) is 14.5 Å². The van der Waals surface area contributed by atoms with Crippen LogP contribution in [0.4, 0.5) is 13.2 Å². The first-order valence-electron chi connectivity index (χ1n) is 10.3. The highest BCUT2D eigenvalue weighted by Crippen LogP contribution is 2.34. The van der Waals surface area contributed by atoms with E-state index in [1.165, 1.54) is 12.1 Å². The highest BCUT2D eigenvalue weighted by Gasteiger charge is 2.30. The Morgan fingerprint density at radius 1 is 0.969 bits per heavy atom. The average Bonchev–Trinajstić information content (AvgIpc) is 3.17. The summed E-state index contributed by atoms with van der Waals surface area (Å²) >= 11 is 0. The number of fused-ring (bicyclic) bond motifs is 2. The summed E-state index contributed by atoms with van der Waals surface area (Å²) in [5, 5.41) is 1.07. The molecule has 2 heterocycles. The van der Waals surface area contributed by atoms with Gasteiger partial charge in [-0.1, -0.05) is 48.0 Å². The van der Waals surface area contributed by atoms with E-state index in [0.717, 1.165) is 56.5 Å². The Bertz CT molecular complexity index is 1280. The molecule has 1 atom stereocenters. The fraction of sp³-hybridized carbons (Fsp3) is 0.192. The lowest BCUT2D eigenvalue weighted by molar-refractivity contribution is -0.147. The predicted molar refractivity (Wildman–Crippen MR) is 116 cm³/mol. The summed E-state index contributed by atoms with van der Waals surface area (Å²) in [7, 11) is 0. The smallest absolute Gasteiger partial charge is 0.342 e. The Hall–Kier alpha value is -3.22. The van der Waals surface area contributed by atoms with Crippen molar-refractivity contribution in [2.45, 2.75) is 32.6 Å². The highest BCUT2D eigenvalue weighted by molar-refractivity contribution is 5.79. The van der Waals surface area contributed by atoms with E-state index in [0.29, 0.717) is 13.2 Å². The zero-order valence-electron chi connectivity index (χ0n) is 17.3. The van der Waals surface area contributed by atoms with E-state index in [1.54, 1.807) is 0 Å². The standard InChI is InChI=1S/C26H20F3NO2/c1-16-10-17(12-20(11-16)18-6-8-22(9-7-18)26(27,28)29)14-31-25-24-21(15-32-25)13-19-4-2-3-5-23(19)30-24/h2-13,25H,14-15H2,1H3. The van der Waals surface area contributed by atoms with Gasteiger partial charge >= 0.3 is 6.18 Å². The molecular weight excluding hydrogens is 415 g/mol. The van der Waals surface area contributed by atoms with Gasteiger partial charge in [0.1, 0.15) is 5.69 Å². The molecule has 1 unspecified atom stereocenters. The number of alkyl halides is 3. The van der Waals surface area contributed by atoms with E-state index < -0.39 is 18.0 Å². The molecule has 1 aliphatic rings. The first kappa shape index (κ1) is 20.7. The predicted octanol–water partition coefficient (Wildman–Crippen LogP) is 6.97. The zero-order chi connectivity index (χ0) is 22.3. The van der Waals surface area contributed by atoms with Gasteiger partial charge in [0.05, 0.1) is 24.3 Å². The Labute approximate surface area is 183 Å². The number of ether oxygens (including phenoxy) is 2. The third-order valence-electron chi connectivity index (χ3n) is 5.53. The molecule has 0 fully saturated rings. The lowest BCUT2D eigenvalue weighted by atomic mass is 9.99. The molecule has 4 aromatic rings. The molecule has 6 heteroatoms. The number of para-hydroxylation sites is 1. The number of benzene rings is 3. The van der Waals surface area contributed by atoms with Gasteiger partial charge in [-0.2, -0.15) is 13.2 Å². The Kier molecular flexibility index (Phi) is 5.19. The van der Waals surface area contributed by atoms with Crippen molar-refractivity contribution in [3.8, 4) is 11.1 Å². The van der Waals surface area contributed by atoms with Crippen LogP contribution >= 0.6 is 0 Å². The van der Waals surface area contributed by atoms with Crippen LogP contribution in [0.3, 0.4) is 0 Å². The van der Waals surface area contributed by atoms with Crippen LogP contribution in [0.1, 0.15) is 34.2 Å². The van der Waals surface area contributed by atoms with Crippen LogP contribution in [0.5, 0.6) is 0 Å². The molecule has 0 aliphatic carbocycles. The monoisotopic (exact) mass is 435 g/mol. The van der Waals surface area contributed by atoms with Crippen molar-refractivity contribution in [3.63, 3.8) is 0 Å². The molecule has 0 saturated heterocycles. The maximum absolute atomic E-state index is 12.9. The fourth-order valence-corrected chi connectivity index (χ4v) is 4.00. The molecule has 0 N–H and O–H groups in total. The highest BCUT2D eigenvalue weighted by atomic mass is 19.4. The first-order chi connectivity index (χ1) is 15.4. The SMILES string of the molecule is Cc1cc(COC2OCc3cc4ccccc4nc32)cc(-c2ccc(C(F)(F)F)cc2)c1. The van der Waals surface area contributed by atoms with Crippen LogP contribution in [0, 0.1) is 6.92 Å². The van der Waals surface area contributed by atoms with Gasteiger partial charge in [0.25, 0.3) is 0 Å². The van der Waals surface area contributed by atoms with Crippen LogP contribution in [-0.2, 0) is 28.9 Å². The summed E-state index contributed by atoms with van der Waals surface area (Å²) in [5.41, 5.74) is 5.52. The third kappa shape index (κ3) is 4.11. The molecule has 0 amide bonds. The quantitative estimate of drug-likeness (QED) is 0.347. The van der Waals surface area contributed by atoms with Gasteiger partial charge in [-0.05, 0) is 53.9 Å². The van der Waals surface area contributed by atoms with E-state index in [2.05, 4.69) is 6.07 Å². The van der Waals surface area contributed by atoms with Crippen molar-refractivity contribution >= 4 is 10.9 Å². The molecule has 1 aromatic heterocycles. The van der Waals surface area contributed by atoms with Crippen LogP contribution in [0.15, 0.2) is 72.8 Å². The zero-order valence-corrected chi connectivity index (χ0v) is 17.3. The molecule has 3 aromatic carbocycles. The minimum Gasteiger partial charge on any atom is -0.342 e. The maximum atomic E-state index is 12.9. The van der Waals surface area contributed by atoms with Crippen LogP contribution < -0.4 is 0 Å². The largest absolute Gasteiger partial charge is 0.416 e. The molecule has 0 bridgehead atoms. The van der Waals surface area contributed by atoms with Gasteiger partial charge in [0.2, 0.25) is 6.29 Å². The summed E-state index contributed by atoms with van der Waals surface area (Å²) in [6.45, 7) is 2.70. The van der Waals surface area contributed by atoms with Gasteiger partial charge in [-0.3, -0.25) is 0 Å². The molecule has 3 nitrogen and oxygen atoms in total. The van der Waals surface area contributed by atoms with Crippen LogP contribution in [-0.4, -0.2) is 4.98 Å². The number of nitrogens with zero attached hydrogens (tertiary/aromatic N) is 1. The summed E-state index contributed by atoms with van der Waals surface area (Å²) in [6.07, 6.45) is -4.90. The number of pyridine rings is 1. The molecule has 0 radical (unpaired) electrons. The Balaban J connectivity index is 1.35. The number of halogens is 3. The van der Waals surface area contributed by atoms with Gasteiger partial charge in [0.15, 0.2) is 0 Å². The lowest BCUT2D eigenvalue weighted by Crippen LogP contribution is -2.05. The molecule has 0 saturated carbocycles. The number of hydrogen-bond acceptors (Lipinski definition) is 3. The molecule has 162 valence electrons. The second-order valence-corrected chi connectivity index (χ2v) is 7.96. The second kappa shape index (κ2) is 8.04. The second-order valence-electron chi connectivity index (χ2n) is 7.96. The van der Waals surface area contributed by atoms with Gasteiger partial charge in [0, 0.05) is 10.9 Å². The van der Waals surface area contributed by atoms with Crippen molar-refractivity contribution < 1.29 is 22.6 Å². The van der Waals surface area contributed by atoms with Crippen molar-refractivity contribution in [1.29, 1.82) is 0 Å². The minimum absolute atomic E-state index is 0.300. The van der Waals surface area contributed by atoms with Crippen molar-refractivity contribution in [1.82, 2.24) is 4.98 Å². The maximum Gasteiger partial charge on any atom is 0.416 e. The average molecular weight is 435 g/mol. The van der Waals surface area contributed by atoms with Crippen molar-refractivity contribution in [3.05, 3.63) is 101 Å². The number of aryl methyl sites for hydroxylation is 1. The van der Waals surface area contributed by atoms with Crippen LogP contribution in [0.25, 0.3) is 22.0 Å². The first-order valence-corrected chi connectivity index (χ1v) is 10.3.